The molecule has 5 nitrogen and oxygen atoms in total. The van der Waals surface area contributed by atoms with Crippen LogP contribution in [0.1, 0.15) is 18.6 Å². The SMILES string of the molecule is COc1ccc(OC(c2cnn(C)c2)C(C)N)cc1. The molecule has 19 heavy (non-hydrogen) atoms. The molecule has 0 saturated heterocycles. The van der Waals surface area contributed by atoms with Crippen LogP contribution in [0.5, 0.6) is 11.5 Å². The van der Waals surface area contributed by atoms with E-state index in [2.05, 4.69) is 5.10 Å². The molecule has 0 saturated carbocycles. The summed E-state index contributed by atoms with van der Waals surface area (Å²) in [7, 11) is 3.51. The Bertz CT molecular complexity index is 520. The lowest BCUT2D eigenvalue weighted by atomic mass is 10.1. The summed E-state index contributed by atoms with van der Waals surface area (Å²) >= 11 is 0. The highest BCUT2D eigenvalue weighted by Crippen LogP contribution is 2.25. The first-order valence-corrected chi connectivity index (χ1v) is 6.15. The number of methoxy groups -OCH3 is 1. The molecule has 0 aliphatic rings. The zero-order chi connectivity index (χ0) is 13.8. The van der Waals surface area contributed by atoms with Crippen LogP contribution in [0, 0.1) is 0 Å². The number of hydrogen-bond donors (Lipinski definition) is 1. The maximum atomic E-state index is 6.00. The molecule has 0 aliphatic carbocycles. The van der Waals surface area contributed by atoms with Crippen molar-refractivity contribution in [3.8, 4) is 11.5 Å². The van der Waals surface area contributed by atoms with Crippen LogP contribution in [0.2, 0.25) is 0 Å². The second-order valence-electron chi connectivity index (χ2n) is 4.52. The molecular weight excluding hydrogens is 242 g/mol. The van der Waals surface area contributed by atoms with Gasteiger partial charge in [0.1, 0.15) is 17.6 Å². The summed E-state index contributed by atoms with van der Waals surface area (Å²) in [5.74, 6) is 1.55. The second-order valence-corrected chi connectivity index (χ2v) is 4.52. The fraction of sp³-hybridized carbons (Fsp3) is 0.357. The first-order valence-electron chi connectivity index (χ1n) is 6.15. The van der Waals surface area contributed by atoms with Crippen molar-refractivity contribution in [3.05, 3.63) is 42.2 Å². The average Bonchev–Trinajstić information content (AvgIpc) is 2.82. The quantitative estimate of drug-likeness (QED) is 0.893. The van der Waals surface area contributed by atoms with Crippen LogP contribution >= 0.6 is 0 Å². The van der Waals surface area contributed by atoms with Crippen molar-refractivity contribution in [2.75, 3.05) is 7.11 Å². The molecule has 5 heteroatoms. The first kappa shape index (κ1) is 13.4. The lowest BCUT2D eigenvalue weighted by Crippen LogP contribution is -2.28. The van der Waals surface area contributed by atoms with Gasteiger partial charge in [0, 0.05) is 24.8 Å². The van der Waals surface area contributed by atoms with Crippen molar-refractivity contribution in [2.45, 2.75) is 19.1 Å². The predicted molar refractivity (Wildman–Crippen MR) is 73.2 cm³/mol. The Balaban J connectivity index is 2.16. The standard InChI is InChI=1S/C14H19N3O2/c1-10(15)14(11-8-16-17(2)9-11)19-13-6-4-12(18-3)5-7-13/h4-10,14H,15H2,1-3H3. The Hall–Kier alpha value is -2.01. The van der Waals surface area contributed by atoms with Gasteiger partial charge in [0.25, 0.3) is 0 Å². The third kappa shape index (κ3) is 3.26. The van der Waals surface area contributed by atoms with Gasteiger partial charge >= 0.3 is 0 Å². The average molecular weight is 261 g/mol. The third-order valence-corrected chi connectivity index (χ3v) is 2.85. The summed E-state index contributed by atoms with van der Waals surface area (Å²) in [4.78, 5) is 0. The molecular formula is C14H19N3O2. The predicted octanol–water partition coefficient (Wildman–Crippen LogP) is 1.90. The van der Waals surface area contributed by atoms with E-state index in [1.807, 2.05) is 44.4 Å². The van der Waals surface area contributed by atoms with E-state index < -0.39 is 0 Å². The molecule has 2 rings (SSSR count). The minimum Gasteiger partial charge on any atom is -0.497 e. The van der Waals surface area contributed by atoms with Crippen LogP contribution in [0.25, 0.3) is 0 Å². The van der Waals surface area contributed by atoms with Crippen LogP contribution in [-0.2, 0) is 7.05 Å². The highest BCUT2D eigenvalue weighted by atomic mass is 16.5. The van der Waals surface area contributed by atoms with E-state index in [-0.39, 0.29) is 12.1 Å². The molecule has 2 atom stereocenters. The van der Waals surface area contributed by atoms with Crippen molar-refractivity contribution >= 4 is 0 Å². The molecule has 0 aliphatic heterocycles. The van der Waals surface area contributed by atoms with Gasteiger partial charge in [0.15, 0.2) is 0 Å². The number of nitrogens with two attached hydrogens (primary N) is 1. The maximum Gasteiger partial charge on any atom is 0.141 e. The van der Waals surface area contributed by atoms with E-state index in [1.165, 1.54) is 0 Å². The molecule has 102 valence electrons. The van der Waals surface area contributed by atoms with Crippen LogP contribution in [0.4, 0.5) is 0 Å². The highest BCUT2D eigenvalue weighted by molar-refractivity contribution is 5.32. The van der Waals surface area contributed by atoms with Gasteiger partial charge in [-0.1, -0.05) is 0 Å². The van der Waals surface area contributed by atoms with E-state index in [4.69, 9.17) is 15.2 Å². The molecule has 0 amide bonds. The van der Waals surface area contributed by atoms with Gasteiger partial charge in [-0.3, -0.25) is 4.68 Å². The number of aromatic nitrogens is 2. The Morgan fingerprint density at radius 3 is 2.32 bits per heavy atom. The second kappa shape index (κ2) is 5.75. The lowest BCUT2D eigenvalue weighted by molar-refractivity contribution is 0.180. The minimum atomic E-state index is -0.220. The normalized spacial score (nSPS) is 13.9. The van der Waals surface area contributed by atoms with Gasteiger partial charge in [-0.15, -0.1) is 0 Å². The van der Waals surface area contributed by atoms with E-state index in [0.717, 1.165) is 17.1 Å². The summed E-state index contributed by atoms with van der Waals surface area (Å²) in [5.41, 5.74) is 6.96. The number of nitrogens with zero attached hydrogens (tertiary/aromatic N) is 2. The number of hydrogen-bond acceptors (Lipinski definition) is 4. The number of benzene rings is 1. The van der Waals surface area contributed by atoms with E-state index in [9.17, 15) is 0 Å². The molecule has 0 bridgehead atoms. The summed E-state index contributed by atoms with van der Waals surface area (Å²) < 4.78 is 12.8. The highest BCUT2D eigenvalue weighted by Gasteiger charge is 2.19. The van der Waals surface area contributed by atoms with Gasteiger partial charge in [-0.2, -0.15) is 5.10 Å². The summed E-state index contributed by atoms with van der Waals surface area (Å²) in [6.07, 6.45) is 3.47. The summed E-state index contributed by atoms with van der Waals surface area (Å²) in [6.45, 7) is 1.92. The fourth-order valence-electron chi connectivity index (χ4n) is 1.87. The molecule has 2 unspecified atom stereocenters. The van der Waals surface area contributed by atoms with E-state index in [1.54, 1.807) is 18.0 Å². The van der Waals surface area contributed by atoms with Gasteiger partial charge in [0.05, 0.1) is 13.3 Å². The molecule has 2 N–H and O–H groups in total. The fourth-order valence-corrected chi connectivity index (χ4v) is 1.87. The smallest absolute Gasteiger partial charge is 0.141 e. The molecule has 2 aromatic rings. The van der Waals surface area contributed by atoms with Gasteiger partial charge < -0.3 is 15.2 Å². The zero-order valence-corrected chi connectivity index (χ0v) is 11.4. The lowest BCUT2D eigenvalue weighted by Gasteiger charge is -2.21. The maximum absolute atomic E-state index is 6.00. The monoisotopic (exact) mass is 261 g/mol. The molecule has 1 aromatic heterocycles. The van der Waals surface area contributed by atoms with Gasteiger partial charge in [-0.05, 0) is 31.2 Å². The molecule has 1 heterocycles. The Morgan fingerprint density at radius 1 is 1.21 bits per heavy atom. The minimum absolute atomic E-state index is 0.133. The summed E-state index contributed by atoms with van der Waals surface area (Å²) in [5, 5.41) is 4.15. The number of ether oxygens (including phenoxy) is 2. The topological polar surface area (TPSA) is 62.3 Å². The number of rotatable bonds is 5. The first-order chi connectivity index (χ1) is 9.10. The van der Waals surface area contributed by atoms with Crippen LogP contribution < -0.4 is 15.2 Å². The molecule has 1 aromatic carbocycles. The van der Waals surface area contributed by atoms with Gasteiger partial charge in [-0.25, -0.2) is 0 Å². The van der Waals surface area contributed by atoms with Crippen LogP contribution in [0.15, 0.2) is 36.7 Å². The van der Waals surface area contributed by atoms with Crippen molar-refractivity contribution in [3.63, 3.8) is 0 Å². The molecule has 0 radical (unpaired) electrons. The Labute approximate surface area is 112 Å². The van der Waals surface area contributed by atoms with Crippen molar-refractivity contribution in [2.24, 2.45) is 12.8 Å². The van der Waals surface area contributed by atoms with E-state index in [0.29, 0.717) is 0 Å². The zero-order valence-electron chi connectivity index (χ0n) is 11.4. The third-order valence-electron chi connectivity index (χ3n) is 2.85. The Kier molecular flexibility index (Phi) is 4.06. The molecule has 0 spiro atoms. The van der Waals surface area contributed by atoms with E-state index >= 15 is 0 Å². The molecule has 0 fully saturated rings. The number of aryl methyl sites for hydroxylation is 1. The van der Waals surface area contributed by atoms with Gasteiger partial charge in [0.2, 0.25) is 0 Å². The van der Waals surface area contributed by atoms with Crippen molar-refractivity contribution in [1.82, 2.24) is 9.78 Å². The van der Waals surface area contributed by atoms with Crippen molar-refractivity contribution < 1.29 is 9.47 Å². The van der Waals surface area contributed by atoms with Crippen LogP contribution in [-0.4, -0.2) is 22.9 Å². The van der Waals surface area contributed by atoms with Crippen molar-refractivity contribution in [1.29, 1.82) is 0 Å². The van der Waals surface area contributed by atoms with Crippen LogP contribution in [0.3, 0.4) is 0 Å². The summed E-state index contributed by atoms with van der Waals surface area (Å²) in [6, 6.07) is 7.31. The largest absolute Gasteiger partial charge is 0.497 e. The Morgan fingerprint density at radius 2 is 1.84 bits per heavy atom.